The zero-order chi connectivity index (χ0) is 10.1. The fraction of sp³-hybridized carbons (Fsp3) is 0.444. The zero-order valence-electron chi connectivity index (χ0n) is 8.42. The second-order valence-corrected chi connectivity index (χ2v) is 5.17. The molecule has 2 N–H and O–H groups in total. The predicted molar refractivity (Wildman–Crippen MR) is 64.2 cm³/mol. The number of rotatable bonds is 1. The minimum Gasteiger partial charge on any atom is -0.316 e. The van der Waals surface area contributed by atoms with E-state index in [1.54, 1.807) is 23.3 Å². The van der Waals surface area contributed by atoms with E-state index < -0.39 is 0 Å². The summed E-state index contributed by atoms with van der Waals surface area (Å²) in [5.41, 5.74) is 1.32. The van der Waals surface area contributed by atoms with Gasteiger partial charge in [0.25, 0.3) is 0 Å². The molecule has 76 valence electrons. The number of anilines is 1. The number of hydrogen-bond donors (Lipinski definition) is 2. The average molecular weight is 227 g/mol. The Bertz CT molecular complexity index is 368. The van der Waals surface area contributed by atoms with Crippen LogP contribution in [-0.4, -0.2) is 12.0 Å². The molecule has 5 heteroatoms. The highest BCUT2D eigenvalue weighted by molar-refractivity contribution is 7.98. The maximum Gasteiger partial charge on any atom is 0.207 e. The molecule has 1 aromatic rings. The van der Waals surface area contributed by atoms with E-state index in [0.29, 0.717) is 6.04 Å². The molecule has 0 radical (unpaired) electrons. The maximum atomic E-state index is 4.42. The first-order valence-electron chi connectivity index (χ1n) is 4.52. The molecule has 0 saturated carbocycles. The molecule has 0 fully saturated rings. The minimum atomic E-state index is 0.313. The molecular weight excluding hydrogens is 214 g/mol. The van der Waals surface area contributed by atoms with E-state index in [-0.39, 0.29) is 0 Å². The van der Waals surface area contributed by atoms with Gasteiger partial charge in [-0.15, -0.1) is 11.3 Å². The third-order valence-corrected chi connectivity index (χ3v) is 3.96. The lowest BCUT2D eigenvalue weighted by molar-refractivity contribution is 0.831. The van der Waals surface area contributed by atoms with Crippen molar-refractivity contribution < 1.29 is 0 Å². The number of aryl methyl sites for hydroxylation is 1. The Morgan fingerprint density at radius 2 is 2.21 bits per heavy atom. The number of fused-ring (bicyclic) bond motifs is 1. The SMILES string of the molecule is Cc1csc2c1SNC(=NC(C)C)N2. The van der Waals surface area contributed by atoms with Crippen LogP contribution >= 0.6 is 23.3 Å². The number of guanidine groups is 1. The number of thiophene rings is 1. The van der Waals surface area contributed by atoms with Crippen LogP contribution < -0.4 is 10.0 Å². The Morgan fingerprint density at radius 1 is 1.43 bits per heavy atom. The van der Waals surface area contributed by atoms with Gasteiger partial charge >= 0.3 is 0 Å². The van der Waals surface area contributed by atoms with Crippen LogP contribution in [0.25, 0.3) is 0 Å². The molecule has 0 aromatic carbocycles. The van der Waals surface area contributed by atoms with E-state index in [4.69, 9.17) is 0 Å². The molecule has 0 atom stereocenters. The molecular formula is C9H13N3S2. The smallest absolute Gasteiger partial charge is 0.207 e. The van der Waals surface area contributed by atoms with E-state index in [0.717, 1.165) is 5.96 Å². The monoisotopic (exact) mass is 227 g/mol. The molecule has 1 aliphatic rings. The van der Waals surface area contributed by atoms with Crippen LogP contribution in [0.5, 0.6) is 0 Å². The van der Waals surface area contributed by atoms with Gasteiger partial charge in [-0.3, -0.25) is 4.72 Å². The van der Waals surface area contributed by atoms with Crippen molar-refractivity contribution in [2.75, 3.05) is 5.32 Å². The van der Waals surface area contributed by atoms with Crippen molar-refractivity contribution in [1.29, 1.82) is 0 Å². The van der Waals surface area contributed by atoms with Crippen LogP contribution in [0.3, 0.4) is 0 Å². The summed E-state index contributed by atoms with van der Waals surface area (Å²) in [4.78, 5) is 5.71. The summed E-state index contributed by atoms with van der Waals surface area (Å²) in [5, 5.41) is 6.64. The van der Waals surface area contributed by atoms with Crippen LogP contribution in [0.4, 0.5) is 5.00 Å². The molecule has 14 heavy (non-hydrogen) atoms. The third kappa shape index (κ3) is 1.88. The van der Waals surface area contributed by atoms with E-state index in [2.05, 4.69) is 41.2 Å². The predicted octanol–water partition coefficient (Wildman–Crippen LogP) is 2.84. The summed E-state index contributed by atoms with van der Waals surface area (Å²) in [6.45, 7) is 6.25. The highest BCUT2D eigenvalue weighted by Crippen LogP contribution is 2.37. The Morgan fingerprint density at radius 3 is 2.93 bits per heavy atom. The average Bonchev–Trinajstić information content (AvgIpc) is 2.46. The van der Waals surface area contributed by atoms with Crippen LogP contribution in [0.2, 0.25) is 0 Å². The van der Waals surface area contributed by atoms with Crippen molar-refractivity contribution in [3.05, 3.63) is 10.9 Å². The number of nitrogens with one attached hydrogen (secondary N) is 2. The Kier molecular flexibility index (Phi) is 2.69. The first-order chi connectivity index (χ1) is 6.66. The molecule has 1 aliphatic heterocycles. The molecule has 2 heterocycles. The molecule has 0 unspecified atom stereocenters. The molecule has 0 aliphatic carbocycles. The zero-order valence-corrected chi connectivity index (χ0v) is 10.1. The summed E-state index contributed by atoms with van der Waals surface area (Å²) >= 11 is 3.37. The van der Waals surface area contributed by atoms with Gasteiger partial charge in [0.2, 0.25) is 5.96 Å². The van der Waals surface area contributed by atoms with Gasteiger partial charge in [-0.2, -0.15) is 0 Å². The van der Waals surface area contributed by atoms with Crippen LogP contribution in [-0.2, 0) is 0 Å². The summed E-state index contributed by atoms with van der Waals surface area (Å²) in [5.74, 6) is 0.861. The maximum absolute atomic E-state index is 4.42. The van der Waals surface area contributed by atoms with Crippen LogP contribution in [0.15, 0.2) is 15.3 Å². The third-order valence-electron chi connectivity index (χ3n) is 1.79. The summed E-state index contributed by atoms with van der Waals surface area (Å²) in [7, 11) is 0. The van der Waals surface area contributed by atoms with Crippen molar-refractivity contribution in [3.8, 4) is 0 Å². The highest BCUT2D eigenvalue weighted by atomic mass is 32.2. The van der Waals surface area contributed by atoms with E-state index in [1.807, 2.05) is 0 Å². The van der Waals surface area contributed by atoms with Gasteiger partial charge in [0.15, 0.2) is 0 Å². The fourth-order valence-electron chi connectivity index (χ4n) is 1.20. The van der Waals surface area contributed by atoms with Gasteiger partial charge < -0.3 is 5.32 Å². The van der Waals surface area contributed by atoms with Gasteiger partial charge in [-0.05, 0) is 43.7 Å². The summed E-state index contributed by atoms with van der Waals surface area (Å²) < 4.78 is 3.20. The van der Waals surface area contributed by atoms with Crippen molar-refractivity contribution in [2.45, 2.75) is 31.7 Å². The topological polar surface area (TPSA) is 36.4 Å². The van der Waals surface area contributed by atoms with Gasteiger partial charge in [-0.25, -0.2) is 4.99 Å². The summed E-state index contributed by atoms with van der Waals surface area (Å²) in [6, 6.07) is 0.313. The second-order valence-electron chi connectivity index (χ2n) is 3.48. The lowest BCUT2D eigenvalue weighted by atomic mass is 10.4. The molecule has 0 saturated heterocycles. The molecule has 0 amide bonds. The molecule has 1 aromatic heterocycles. The number of hydrogen-bond acceptors (Lipinski definition) is 3. The normalized spacial score (nSPS) is 17.9. The molecule has 0 spiro atoms. The first kappa shape index (κ1) is 9.86. The lowest BCUT2D eigenvalue weighted by Crippen LogP contribution is -2.29. The van der Waals surface area contributed by atoms with Gasteiger partial charge in [0, 0.05) is 6.04 Å². The number of aliphatic imine (C=N–C) groups is 1. The largest absolute Gasteiger partial charge is 0.316 e. The lowest BCUT2D eigenvalue weighted by Gasteiger charge is -2.18. The first-order valence-corrected chi connectivity index (χ1v) is 6.22. The molecule has 2 rings (SSSR count). The van der Waals surface area contributed by atoms with Gasteiger partial charge in [0.05, 0.1) is 4.90 Å². The molecule has 0 bridgehead atoms. The molecule has 3 nitrogen and oxygen atoms in total. The standard InChI is InChI=1S/C9H13N3S2/c1-5(2)10-9-11-8-7(14-12-9)6(3)4-13-8/h4-5H,1-3H3,(H2,10,11,12). The minimum absolute atomic E-state index is 0.313. The Hall–Kier alpha value is -0.680. The van der Waals surface area contributed by atoms with E-state index >= 15 is 0 Å². The Labute approximate surface area is 92.1 Å². The van der Waals surface area contributed by atoms with E-state index in [1.165, 1.54) is 15.5 Å². The van der Waals surface area contributed by atoms with Crippen molar-refractivity contribution in [3.63, 3.8) is 0 Å². The van der Waals surface area contributed by atoms with Gasteiger partial charge in [-0.1, -0.05) is 0 Å². The second kappa shape index (κ2) is 3.82. The van der Waals surface area contributed by atoms with Crippen molar-refractivity contribution in [2.24, 2.45) is 4.99 Å². The van der Waals surface area contributed by atoms with Gasteiger partial charge in [0.1, 0.15) is 5.00 Å². The fourth-order valence-corrected chi connectivity index (χ4v) is 3.04. The van der Waals surface area contributed by atoms with Crippen LogP contribution in [0, 0.1) is 6.92 Å². The van der Waals surface area contributed by atoms with Crippen molar-refractivity contribution in [1.82, 2.24) is 4.72 Å². The highest BCUT2D eigenvalue weighted by Gasteiger charge is 2.17. The Balaban J connectivity index is 2.22. The van der Waals surface area contributed by atoms with E-state index in [9.17, 15) is 0 Å². The van der Waals surface area contributed by atoms with Crippen molar-refractivity contribution >= 4 is 34.2 Å². The number of nitrogens with zero attached hydrogens (tertiary/aromatic N) is 1. The van der Waals surface area contributed by atoms with Crippen LogP contribution in [0.1, 0.15) is 19.4 Å². The summed E-state index contributed by atoms with van der Waals surface area (Å²) in [6.07, 6.45) is 0. The quantitative estimate of drug-likeness (QED) is 0.724.